The van der Waals surface area contributed by atoms with Crippen LogP contribution in [0.4, 0.5) is 22.2 Å². The van der Waals surface area contributed by atoms with Crippen LogP contribution in [0.25, 0.3) is 0 Å². The summed E-state index contributed by atoms with van der Waals surface area (Å²) in [4.78, 5) is 23.3. The highest BCUT2D eigenvalue weighted by Crippen LogP contribution is 2.24. The van der Waals surface area contributed by atoms with Crippen molar-refractivity contribution in [3.8, 4) is 0 Å². The number of anilines is 3. The molecule has 0 spiro atoms. The van der Waals surface area contributed by atoms with Crippen LogP contribution in [-0.2, 0) is 0 Å². The van der Waals surface area contributed by atoms with Gasteiger partial charge in [-0.15, -0.1) is 0 Å². The van der Waals surface area contributed by atoms with E-state index in [0.29, 0.717) is 17.9 Å². The molecule has 3 N–H and O–H groups in total. The highest BCUT2D eigenvalue weighted by Gasteiger charge is 2.23. The van der Waals surface area contributed by atoms with E-state index >= 15 is 0 Å². The Morgan fingerprint density at radius 2 is 1.76 bits per heavy atom. The molecule has 29 heavy (non-hydrogen) atoms. The number of aromatic nitrogens is 2. The Kier molecular flexibility index (Phi) is 6.90. The van der Waals surface area contributed by atoms with Crippen molar-refractivity contribution in [3.05, 3.63) is 42.1 Å². The number of amides is 2. The van der Waals surface area contributed by atoms with Crippen LogP contribution in [0.15, 0.2) is 36.5 Å². The fourth-order valence-electron chi connectivity index (χ4n) is 3.69. The molecule has 0 saturated heterocycles. The van der Waals surface area contributed by atoms with Crippen LogP contribution in [0.2, 0.25) is 0 Å². The molecule has 0 aliphatic heterocycles. The Bertz CT molecular complexity index is 814. The summed E-state index contributed by atoms with van der Waals surface area (Å²) >= 11 is 0. The minimum Gasteiger partial charge on any atom is -0.363 e. The molecule has 2 amide bonds. The second-order valence-electron chi connectivity index (χ2n) is 8.17. The summed E-state index contributed by atoms with van der Waals surface area (Å²) in [5, 5.41) is 9.58. The van der Waals surface area contributed by atoms with Crippen molar-refractivity contribution in [1.29, 1.82) is 0 Å². The molecule has 1 aliphatic carbocycles. The maximum Gasteiger partial charge on any atom is 0.319 e. The van der Waals surface area contributed by atoms with Gasteiger partial charge in [-0.3, -0.25) is 0 Å². The average molecular weight is 397 g/mol. The van der Waals surface area contributed by atoms with Crippen LogP contribution in [-0.4, -0.2) is 42.2 Å². The molecule has 2 aromatic rings. The van der Waals surface area contributed by atoms with E-state index in [4.69, 9.17) is 0 Å². The number of rotatable bonds is 6. The molecule has 1 aliphatic rings. The Balaban J connectivity index is 1.47. The van der Waals surface area contributed by atoms with Crippen molar-refractivity contribution in [3.63, 3.8) is 0 Å². The van der Waals surface area contributed by atoms with Crippen LogP contribution in [0, 0.1) is 0 Å². The van der Waals surface area contributed by atoms with E-state index in [-0.39, 0.29) is 12.1 Å². The highest BCUT2D eigenvalue weighted by atomic mass is 16.2. The van der Waals surface area contributed by atoms with E-state index in [2.05, 4.69) is 45.8 Å². The summed E-state index contributed by atoms with van der Waals surface area (Å²) < 4.78 is 0. The lowest BCUT2D eigenvalue weighted by molar-refractivity contribution is 0.243. The molecule has 0 radical (unpaired) electrons. The number of hydrogen-bond acceptors (Lipinski definition) is 5. The zero-order chi connectivity index (χ0) is 20.8. The fraction of sp³-hybridized carbons (Fsp3) is 0.500. The summed E-state index contributed by atoms with van der Waals surface area (Å²) in [6, 6.07) is 10.3. The van der Waals surface area contributed by atoms with Gasteiger partial charge in [0.05, 0.1) is 0 Å². The summed E-state index contributed by atoms with van der Waals surface area (Å²) in [5.74, 6) is 1.91. The molecule has 3 rings (SSSR count). The third-order valence-corrected chi connectivity index (χ3v) is 5.33. The third kappa shape index (κ3) is 5.82. The molecule has 1 fully saturated rings. The molecule has 0 unspecified atom stereocenters. The van der Waals surface area contributed by atoms with Crippen LogP contribution in [0.1, 0.15) is 51.0 Å². The van der Waals surface area contributed by atoms with Crippen molar-refractivity contribution in [1.82, 2.24) is 15.3 Å². The van der Waals surface area contributed by atoms with Crippen LogP contribution in [0.3, 0.4) is 0 Å². The van der Waals surface area contributed by atoms with Crippen LogP contribution < -0.4 is 20.9 Å². The maximum atomic E-state index is 12.5. The van der Waals surface area contributed by atoms with Gasteiger partial charge in [0.15, 0.2) is 0 Å². The van der Waals surface area contributed by atoms with Gasteiger partial charge in [-0.25, -0.2) is 9.78 Å². The number of urea groups is 1. The van der Waals surface area contributed by atoms with Gasteiger partial charge in [-0.05, 0) is 49.3 Å². The first-order valence-electron chi connectivity index (χ1n) is 10.4. The molecule has 1 aromatic carbocycles. The van der Waals surface area contributed by atoms with Crippen molar-refractivity contribution < 1.29 is 4.79 Å². The average Bonchev–Trinajstić information content (AvgIpc) is 2.70. The predicted molar refractivity (Wildman–Crippen MR) is 119 cm³/mol. The molecule has 156 valence electrons. The molecular weight excluding hydrogens is 364 g/mol. The smallest absolute Gasteiger partial charge is 0.319 e. The van der Waals surface area contributed by atoms with Gasteiger partial charge in [0, 0.05) is 38.1 Å². The first-order chi connectivity index (χ1) is 13.9. The lowest BCUT2D eigenvalue weighted by Gasteiger charge is -2.30. The lowest BCUT2D eigenvalue weighted by Crippen LogP contribution is -2.42. The summed E-state index contributed by atoms with van der Waals surface area (Å²) in [6.07, 6.45) is 5.60. The minimum atomic E-state index is -0.128. The van der Waals surface area contributed by atoms with E-state index in [1.165, 1.54) is 0 Å². The van der Waals surface area contributed by atoms with Crippen molar-refractivity contribution in [2.45, 2.75) is 57.5 Å². The largest absolute Gasteiger partial charge is 0.363 e. The van der Waals surface area contributed by atoms with Crippen molar-refractivity contribution in [2.75, 3.05) is 29.6 Å². The Morgan fingerprint density at radius 1 is 1.07 bits per heavy atom. The summed E-state index contributed by atoms with van der Waals surface area (Å²) in [6.45, 7) is 4.26. The molecule has 1 aromatic heterocycles. The number of carbonyl (C=O) groups is 1. The van der Waals surface area contributed by atoms with Crippen LogP contribution >= 0.6 is 0 Å². The highest BCUT2D eigenvalue weighted by molar-refractivity contribution is 5.90. The van der Waals surface area contributed by atoms with Gasteiger partial charge in [-0.1, -0.05) is 32.0 Å². The van der Waals surface area contributed by atoms with Gasteiger partial charge < -0.3 is 20.9 Å². The zero-order valence-electron chi connectivity index (χ0n) is 17.8. The monoisotopic (exact) mass is 396 g/mol. The van der Waals surface area contributed by atoms with E-state index in [1.54, 1.807) is 6.20 Å². The first kappa shape index (κ1) is 20.9. The predicted octanol–water partition coefficient (Wildman–Crippen LogP) is 4.21. The van der Waals surface area contributed by atoms with Gasteiger partial charge in [0.25, 0.3) is 0 Å². The van der Waals surface area contributed by atoms with Gasteiger partial charge >= 0.3 is 6.03 Å². The Morgan fingerprint density at radius 3 is 2.45 bits per heavy atom. The lowest BCUT2D eigenvalue weighted by atomic mass is 9.91. The van der Waals surface area contributed by atoms with Gasteiger partial charge in [0.1, 0.15) is 5.82 Å². The van der Waals surface area contributed by atoms with Crippen LogP contribution in [0.5, 0.6) is 0 Å². The summed E-state index contributed by atoms with van der Waals surface area (Å²) in [7, 11) is 3.93. The SMILES string of the molecule is CC(C)c1ccccc1NC(=O)N[C@H]1CC[C@@H](Nc2nccc(N(C)C)n2)CC1. The van der Waals surface area contributed by atoms with E-state index in [1.807, 2.05) is 43.3 Å². The minimum absolute atomic E-state index is 0.128. The number of benzene rings is 1. The number of para-hydroxylation sites is 1. The summed E-state index contributed by atoms with van der Waals surface area (Å²) in [5.41, 5.74) is 2.03. The first-order valence-corrected chi connectivity index (χ1v) is 10.4. The standard InChI is InChI=1S/C22H32N6O/c1-15(2)18-7-5-6-8-19(18)26-22(29)25-17-11-9-16(10-12-17)24-21-23-14-13-20(27-21)28(3)4/h5-8,13-17H,9-12H2,1-4H3,(H,23,24,27)(H2,25,26,29)/t16-,17+. The zero-order valence-corrected chi connectivity index (χ0v) is 17.8. The molecule has 7 heteroatoms. The molecule has 1 heterocycles. The Hall–Kier alpha value is -2.83. The maximum absolute atomic E-state index is 12.5. The second kappa shape index (κ2) is 9.58. The van der Waals surface area contributed by atoms with E-state index < -0.39 is 0 Å². The quantitative estimate of drug-likeness (QED) is 0.681. The number of hydrogen-bond donors (Lipinski definition) is 3. The molecular formula is C22H32N6O. The van der Waals surface area contributed by atoms with E-state index in [0.717, 1.165) is 42.8 Å². The topological polar surface area (TPSA) is 82.2 Å². The number of nitrogens with one attached hydrogen (secondary N) is 3. The molecule has 0 bridgehead atoms. The normalized spacial score (nSPS) is 18.9. The van der Waals surface area contributed by atoms with Crippen molar-refractivity contribution in [2.24, 2.45) is 0 Å². The molecule has 1 saturated carbocycles. The van der Waals surface area contributed by atoms with Crippen molar-refractivity contribution >= 4 is 23.5 Å². The third-order valence-electron chi connectivity index (χ3n) is 5.33. The fourth-order valence-corrected chi connectivity index (χ4v) is 3.69. The number of nitrogens with zero attached hydrogens (tertiary/aromatic N) is 3. The second-order valence-corrected chi connectivity index (χ2v) is 8.17. The Labute approximate surface area is 173 Å². The van der Waals surface area contributed by atoms with Gasteiger partial charge in [0.2, 0.25) is 5.95 Å². The molecule has 0 atom stereocenters. The number of carbonyl (C=O) groups excluding carboxylic acids is 1. The van der Waals surface area contributed by atoms with E-state index in [9.17, 15) is 4.79 Å². The molecule has 7 nitrogen and oxygen atoms in total. The van der Waals surface area contributed by atoms with Gasteiger partial charge in [-0.2, -0.15) is 4.98 Å².